The van der Waals surface area contributed by atoms with Crippen LogP contribution in [-0.4, -0.2) is 23.0 Å². The van der Waals surface area contributed by atoms with Gasteiger partial charge in [-0.1, -0.05) is 72.3 Å². The van der Waals surface area contributed by atoms with Crippen LogP contribution >= 0.6 is 11.6 Å². The van der Waals surface area contributed by atoms with Gasteiger partial charge in [-0.05, 0) is 29.5 Å². The smallest absolute Gasteiger partial charge is 0.149 e. The van der Waals surface area contributed by atoms with Crippen LogP contribution in [0, 0.1) is 11.3 Å². The molecular formula is C24H23ClN4. The summed E-state index contributed by atoms with van der Waals surface area (Å²) >= 11 is 6.34. The molecule has 1 N–H and O–H groups in total. The highest BCUT2D eigenvalue weighted by atomic mass is 35.5. The van der Waals surface area contributed by atoms with Gasteiger partial charge in [-0.15, -0.1) is 0 Å². The molecule has 0 saturated carbocycles. The van der Waals surface area contributed by atoms with Crippen molar-refractivity contribution in [2.45, 2.75) is 25.9 Å². The lowest BCUT2D eigenvalue weighted by Gasteiger charge is -2.31. The normalized spacial score (nSPS) is 13.5. The molecule has 0 unspecified atom stereocenters. The van der Waals surface area contributed by atoms with Crippen molar-refractivity contribution in [2.75, 3.05) is 18.4 Å². The highest BCUT2D eigenvalue weighted by Gasteiger charge is 2.25. The molecule has 0 saturated heterocycles. The highest BCUT2D eigenvalue weighted by molar-refractivity contribution is 6.30. The molecule has 3 aromatic rings. The maximum atomic E-state index is 9.58. The van der Waals surface area contributed by atoms with Gasteiger partial charge in [0, 0.05) is 31.7 Å². The van der Waals surface area contributed by atoms with Crippen molar-refractivity contribution in [3.8, 4) is 6.07 Å². The second-order valence-corrected chi connectivity index (χ2v) is 7.66. The van der Waals surface area contributed by atoms with Gasteiger partial charge in [-0.3, -0.25) is 4.90 Å². The number of pyridine rings is 1. The van der Waals surface area contributed by atoms with E-state index in [1.54, 1.807) is 0 Å². The molecule has 0 bridgehead atoms. The number of hydrogen-bond acceptors (Lipinski definition) is 4. The molecule has 146 valence electrons. The highest BCUT2D eigenvalue weighted by Crippen LogP contribution is 2.32. The Labute approximate surface area is 176 Å². The fourth-order valence-corrected chi connectivity index (χ4v) is 4.11. The molecule has 1 aromatic heterocycles. The Kier molecular flexibility index (Phi) is 6.09. The van der Waals surface area contributed by atoms with Crippen LogP contribution in [-0.2, 0) is 25.9 Å². The first-order valence-corrected chi connectivity index (χ1v) is 10.3. The van der Waals surface area contributed by atoms with Gasteiger partial charge in [0.05, 0.1) is 5.56 Å². The summed E-state index contributed by atoms with van der Waals surface area (Å²) in [7, 11) is 0. The molecule has 0 amide bonds. The topological polar surface area (TPSA) is 52.0 Å². The summed E-state index contributed by atoms with van der Waals surface area (Å²) in [5.74, 6) is 0.803. The number of anilines is 1. The van der Waals surface area contributed by atoms with Crippen molar-refractivity contribution < 1.29 is 0 Å². The van der Waals surface area contributed by atoms with E-state index in [9.17, 15) is 5.26 Å². The summed E-state index contributed by atoms with van der Waals surface area (Å²) in [6.07, 6.45) is 1.71. The van der Waals surface area contributed by atoms with Crippen LogP contribution in [0.2, 0.25) is 5.15 Å². The molecular weight excluding hydrogens is 380 g/mol. The van der Waals surface area contributed by atoms with Crippen LogP contribution in [0.5, 0.6) is 0 Å². The third-order valence-corrected chi connectivity index (χ3v) is 5.61. The average molecular weight is 403 g/mol. The minimum atomic E-state index is 0.296. The summed E-state index contributed by atoms with van der Waals surface area (Å²) in [6, 6.07) is 23.1. The lowest BCUT2D eigenvalue weighted by atomic mass is 9.96. The fourth-order valence-electron chi connectivity index (χ4n) is 3.86. The fraction of sp³-hybridized carbons (Fsp3) is 0.250. The first-order chi connectivity index (χ1) is 14.2. The first-order valence-electron chi connectivity index (χ1n) is 9.90. The maximum Gasteiger partial charge on any atom is 0.149 e. The van der Waals surface area contributed by atoms with Gasteiger partial charge in [-0.25, -0.2) is 4.98 Å². The molecule has 0 radical (unpaired) electrons. The van der Waals surface area contributed by atoms with Gasteiger partial charge in [-0.2, -0.15) is 5.26 Å². The van der Waals surface area contributed by atoms with Gasteiger partial charge in [0.25, 0.3) is 0 Å². The second-order valence-electron chi connectivity index (χ2n) is 7.30. The second kappa shape index (κ2) is 9.09. The van der Waals surface area contributed by atoms with E-state index >= 15 is 0 Å². The molecule has 0 spiro atoms. The largest absolute Gasteiger partial charge is 0.369 e. The standard InChI is InChI=1S/C24H23ClN4/c25-23-21(15-26)20-12-14-29(16-19-9-5-2-6-10-19)17-22(20)24(28-23)27-13-11-18-7-3-1-4-8-18/h1-10H,11-14,16-17H2,(H,27,28). The lowest BCUT2D eigenvalue weighted by molar-refractivity contribution is 0.245. The molecule has 0 aliphatic carbocycles. The molecule has 5 heteroatoms. The average Bonchev–Trinajstić information content (AvgIpc) is 2.75. The van der Waals surface area contributed by atoms with Gasteiger partial charge < -0.3 is 5.32 Å². The Hall–Kier alpha value is -2.87. The van der Waals surface area contributed by atoms with Crippen molar-refractivity contribution in [1.82, 2.24) is 9.88 Å². The number of benzene rings is 2. The van der Waals surface area contributed by atoms with Crippen LogP contribution in [0.1, 0.15) is 27.8 Å². The Balaban J connectivity index is 1.54. The number of aromatic nitrogens is 1. The summed E-state index contributed by atoms with van der Waals surface area (Å²) in [5.41, 5.74) is 5.23. The third-order valence-electron chi connectivity index (χ3n) is 5.34. The van der Waals surface area contributed by atoms with Crippen molar-refractivity contribution in [2.24, 2.45) is 0 Å². The number of rotatable bonds is 6. The van der Waals surface area contributed by atoms with Gasteiger partial charge in [0.15, 0.2) is 0 Å². The van der Waals surface area contributed by atoms with E-state index in [0.29, 0.717) is 10.7 Å². The lowest BCUT2D eigenvalue weighted by Crippen LogP contribution is -2.32. The molecule has 2 heterocycles. The zero-order valence-corrected chi connectivity index (χ0v) is 17.0. The summed E-state index contributed by atoms with van der Waals surface area (Å²) in [4.78, 5) is 6.93. The predicted molar refractivity (Wildman–Crippen MR) is 117 cm³/mol. The van der Waals surface area contributed by atoms with E-state index in [1.807, 2.05) is 12.1 Å². The van der Waals surface area contributed by atoms with E-state index in [4.69, 9.17) is 11.6 Å². The van der Waals surface area contributed by atoms with E-state index in [2.05, 4.69) is 69.8 Å². The molecule has 0 atom stereocenters. The van der Waals surface area contributed by atoms with Crippen molar-refractivity contribution >= 4 is 17.4 Å². The minimum absolute atomic E-state index is 0.296. The number of halogens is 1. The molecule has 4 nitrogen and oxygen atoms in total. The van der Waals surface area contributed by atoms with Crippen LogP contribution in [0.3, 0.4) is 0 Å². The Morgan fingerprint density at radius 1 is 1.00 bits per heavy atom. The van der Waals surface area contributed by atoms with Crippen LogP contribution < -0.4 is 5.32 Å². The summed E-state index contributed by atoms with van der Waals surface area (Å²) in [6.45, 7) is 3.32. The number of nitrogens with zero attached hydrogens (tertiary/aromatic N) is 3. The van der Waals surface area contributed by atoms with Crippen molar-refractivity contribution in [3.05, 3.63) is 93.6 Å². The predicted octanol–water partition coefficient (Wildman–Crippen LogP) is 4.82. The number of nitriles is 1. The maximum absolute atomic E-state index is 9.58. The Bertz CT molecular complexity index is 1010. The van der Waals surface area contributed by atoms with E-state index in [-0.39, 0.29) is 0 Å². The minimum Gasteiger partial charge on any atom is -0.369 e. The quantitative estimate of drug-likeness (QED) is 0.600. The van der Waals surface area contributed by atoms with E-state index in [0.717, 1.165) is 56.0 Å². The SMILES string of the molecule is N#Cc1c(Cl)nc(NCCc2ccccc2)c2c1CCN(Cc1ccccc1)C2. The Morgan fingerprint density at radius 3 is 2.38 bits per heavy atom. The van der Waals surface area contributed by atoms with Gasteiger partial charge >= 0.3 is 0 Å². The van der Waals surface area contributed by atoms with Gasteiger partial charge in [0.1, 0.15) is 17.0 Å². The zero-order valence-electron chi connectivity index (χ0n) is 16.2. The zero-order chi connectivity index (χ0) is 20.1. The summed E-state index contributed by atoms with van der Waals surface area (Å²) < 4.78 is 0. The van der Waals surface area contributed by atoms with Crippen molar-refractivity contribution in [3.63, 3.8) is 0 Å². The number of nitrogens with one attached hydrogen (secondary N) is 1. The molecule has 29 heavy (non-hydrogen) atoms. The van der Waals surface area contributed by atoms with Crippen LogP contribution in [0.25, 0.3) is 0 Å². The molecule has 4 rings (SSSR count). The molecule has 2 aromatic carbocycles. The number of hydrogen-bond donors (Lipinski definition) is 1. The third kappa shape index (κ3) is 4.59. The Morgan fingerprint density at radius 2 is 1.69 bits per heavy atom. The molecule has 0 fully saturated rings. The van der Waals surface area contributed by atoms with E-state index in [1.165, 1.54) is 11.1 Å². The van der Waals surface area contributed by atoms with Crippen LogP contribution in [0.15, 0.2) is 60.7 Å². The monoisotopic (exact) mass is 402 g/mol. The summed E-state index contributed by atoms with van der Waals surface area (Å²) in [5, 5.41) is 13.3. The first kappa shape index (κ1) is 19.4. The molecule has 1 aliphatic rings. The van der Waals surface area contributed by atoms with E-state index < -0.39 is 0 Å². The molecule has 1 aliphatic heterocycles. The van der Waals surface area contributed by atoms with Crippen LogP contribution in [0.4, 0.5) is 5.82 Å². The van der Waals surface area contributed by atoms with Crippen molar-refractivity contribution in [1.29, 1.82) is 5.26 Å². The van der Waals surface area contributed by atoms with Gasteiger partial charge in [0.2, 0.25) is 0 Å². The number of fused-ring (bicyclic) bond motifs is 1.